The number of nitrogens with one attached hydrogen (secondary N) is 1. The van der Waals surface area contributed by atoms with Crippen molar-refractivity contribution < 1.29 is 19.4 Å². The van der Waals surface area contributed by atoms with Gasteiger partial charge in [0, 0.05) is 6.54 Å². The Morgan fingerprint density at radius 2 is 2.07 bits per heavy atom. The lowest BCUT2D eigenvalue weighted by Gasteiger charge is -2.10. The van der Waals surface area contributed by atoms with Gasteiger partial charge in [-0.3, -0.25) is 9.59 Å². The first-order valence-electron chi connectivity index (χ1n) is 4.58. The minimum Gasteiger partial charge on any atom is -0.394 e. The smallest absolute Gasteiger partial charge is 0.237 e. The Morgan fingerprint density at radius 3 is 2.60 bits per heavy atom. The van der Waals surface area contributed by atoms with Crippen LogP contribution < -0.4 is 16.8 Å². The summed E-state index contributed by atoms with van der Waals surface area (Å²) in [5, 5.41) is 10.8. The molecule has 7 heteroatoms. The van der Waals surface area contributed by atoms with Crippen LogP contribution in [0.2, 0.25) is 0 Å². The molecule has 15 heavy (non-hydrogen) atoms. The molecule has 0 fully saturated rings. The van der Waals surface area contributed by atoms with Crippen LogP contribution in [0.3, 0.4) is 0 Å². The second-order valence-electron chi connectivity index (χ2n) is 2.90. The molecule has 1 atom stereocenters. The molecule has 0 bridgehead atoms. The van der Waals surface area contributed by atoms with Crippen molar-refractivity contribution in [2.75, 3.05) is 26.4 Å². The number of ether oxygens (including phenoxy) is 1. The van der Waals surface area contributed by atoms with E-state index in [1.807, 2.05) is 0 Å². The molecule has 0 aliphatic heterocycles. The Morgan fingerprint density at radius 1 is 1.40 bits per heavy atom. The molecule has 0 aliphatic rings. The third-order valence-electron chi connectivity index (χ3n) is 1.54. The molecule has 88 valence electrons. The van der Waals surface area contributed by atoms with E-state index in [1.165, 1.54) is 0 Å². The predicted molar refractivity (Wildman–Crippen MR) is 52.7 cm³/mol. The number of carbonyl (C=O) groups is 2. The average Bonchev–Trinajstić information content (AvgIpc) is 2.16. The number of primary amides is 1. The molecule has 7 nitrogen and oxygen atoms in total. The molecule has 0 saturated heterocycles. The topological polar surface area (TPSA) is 128 Å². The second-order valence-corrected chi connectivity index (χ2v) is 2.90. The standard InChI is InChI=1S/C8H17N3O4/c9-6(5-7(10)13)8(14)11-1-3-15-4-2-12/h6,12H,1-5,9H2,(H2,10,13)(H,11,14)/t6-/m0/s1. The zero-order valence-electron chi connectivity index (χ0n) is 8.44. The molecule has 0 aromatic carbocycles. The monoisotopic (exact) mass is 219 g/mol. The summed E-state index contributed by atoms with van der Waals surface area (Å²) in [7, 11) is 0. The lowest BCUT2D eigenvalue weighted by molar-refractivity contribution is -0.126. The maximum atomic E-state index is 11.2. The highest BCUT2D eigenvalue weighted by molar-refractivity contribution is 5.87. The van der Waals surface area contributed by atoms with Crippen molar-refractivity contribution in [2.24, 2.45) is 11.5 Å². The summed E-state index contributed by atoms with van der Waals surface area (Å²) >= 11 is 0. The molecule has 0 aliphatic carbocycles. The molecule has 0 aromatic rings. The van der Waals surface area contributed by atoms with E-state index >= 15 is 0 Å². The lowest BCUT2D eigenvalue weighted by atomic mass is 10.2. The van der Waals surface area contributed by atoms with Gasteiger partial charge in [0.15, 0.2) is 0 Å². The minimum absolute atomic E-state index is 0.0604. The number of carbonyl (C=O) groups excluding carboxylic acids is 2. The van der Waals surface area contributed by atoms with Gasteiger partial charge in [-0.2, -0.15) is 0 Å². The van der Waals surface area contributed by atoms with Gasteiger partial charge in [-0.05, 0) is 0 Å². The van der Waals surface area contributed by atoms with Gasteiger partial charge in [-0.25, -0.2) is 0 Å². The maximum Gasteiger partial charge on any atom is 0.237 e. The number of amides is 2. The number of hydrogen-bond acceptors (Lipinski definition) is 5. The van der Waals surface area contributed by atoms with E-state index in [-0.39, 0.29) is 32.8 Å². The Labute approximate surface area is 87.8 Å². The normalized spacial score (nSPS) is 12.1. The summed E-state index contributed by atoms with van der Waals surface area (Å²) < 4.78 is 4.90. The molecule has 0 unspecified atom stereocenters. The van der Waals surface area contributed by atoms with Crippen LogP contribution in [0.4, 0.5) is 0 Å². The summed E-state index contributed by atoms with van der Waals surface area (Å²) in [6.45, 7) is 0.735. The highest BCUT2D eigenvalue weighted by Gasteiger charge is 2.14. The first-order chi connectivity index (χ1) is 7.07. The summed E-state index contributed by atoms with van der Waals surface area (Å²) in [5.41, 5.74) is 10.2. The predicted octanol–water partition coefficient (Wildman–Crippen LogP) is -2.69. The highest BCUT2D eigenvalue weighted by Crippen LogP contribution is 1.86. The number of nitrogens with two attached hydrogens (primary N) is 2. The van der Waals surface area contributed by atoms with Crippen LogP contribution in [0.5, 0.6) is 0 Å². The zero-order chi connectivity index (χ0) is 11.7. The van der Waals surface area contributed by atoms with Gasteiger partial charge >= 0.3 is 0 Å². The van der Waals surface area contributed by atoms with Gasteiger partial charge in [-0.1, -0.05) is 0 Å². The molecule has 0 spiro atoms. The minimum atomic E-state index is -0.916. The van der Waals surface area contributed by atoms with Crippen LogP contribution in [0.1, 0.15) is 6.42 Å². The van der Waals surface area contributed by atoms with Gasteiger partial charge in [0.1, 0.15) is 0 Å². The van der Waals surface area contributed by atoms with Crippen LogP contribution in [-0.2, 0) is 14.3 Å². The average molecular weight is 219 g/mol. The Kier molecular flexibility index (Phi) is 7.51. The van der Waals surface area contributed by atoms with Crippen molar-refractivity contribution in [2.45, 2.75) is 12.5 Å². The number of aliphatic hydroxyl groups excluding tert-OH is 1. The lowest BCUT2D eigenvalue weighted by Crippen LogP contribution is -2.44. The van der Waals surface area contributed by atoms with Crippen molar-refractivity contribution in [1.29, 1.82) is 0 Å². The first kappa shape index (κ1) is 13.8. The maximum absolute atomic E-state index is 11.2. The molecule has 0 aromatic heterocycles. The quantitative estimate of drug-likeness (QED) is 0.331. The van der Waals surface area contributed by atoms with Crippen LogP contribution in [0.15, 0.2) is 0 Å². The van der Waals surface area contributed by atoms with Crippen molar-refractivity contribution in [3.8, 4) is 0 Å². The van der Waals surface area contributed by atoms with Crippen molar-refractivity contribution in [3.63, 3.8) is 0 Å². The number of aliphatic hydroxyl groups is 1. The van der Waals surface area contributed by atoms with Gasteiger partial charge in [0.2, 0.25) is 11.8 Å². The zero-order valence-corrected chi connectivity index (χ0v) is 8.44. The van der Waals surface area contributed by atoms with Crippen LogP contribution in [0, 0.1) is 0 Å². The molecule has 0 radical (unpaired) electrons. The van der Waals surface area contributed by atoms with E-state index in [0.717, 1.165) is 0 Å². The van der Waals surface area contributed by atoms with E-state index in [9.17, 15) is 9.59 Å². The molecular formula is C8H17N3O4. The van der Waals surface area contributed by atoms with E-state index < -0.39 is 17.9 Å². The van der Waals surface area contributed by atoms with E-state index in [4.69, 9.17) is 21.3 Å². The second kappa shape index (κ2) is 8.16. The van der Waals surface area contributed by atoms with Crippen molar-refractivity contribution >= 4 is 11.8 Å². The summed E-state index contributed by atoms with van der Waals surface area (Å²) in [4.78, 5) is 21.6. The van der Waals surface area contributed by atoms with Crippen LogP contribution >= 0.6 is 0 Å². The van der Waals surface area contributed by atoms with E-state index in [2.05, 4.69) is 5.32 Å². The third kappa shape index (κ3) is 7.86. The highest BCUT2D eigenvalue weighted by atomic mass is 16.5. The Bertz CT molecular complexity index is 210. The molecule has 6 N–H and O–H groups in total. The molecule has 0 saturated carbocycles. The Hall–Kier alpha value is -1.18. The summed E-state index contributed by atoms with van der Waals surface area (Å²) in [6.07, 6.45) is -0.177. The van der Waals surface area contributed by atoms with Gasteiger partial charge in [0.25, 0.3) is 0 Å². The largest absolute Gasteiger partial charge is 0.394 e. The number of hydrogen-bond donors (Lipinski definition) is 4. The van der Waals surface area contributed by atoms with Crippen molar-refractivity contribution in [1.82, 2.24) is 5.32 Å². The number of rotatable bonds is 8. The van der Waals surface area contributed by atoms with Gasteiger partial charge < -0.3 is 26.6 Å². The third-order valence-corrected chi connectivity index (χ3v) is 1.54. The first-order valence-corrected chi connectivity index (χ1v) is 4.58. The van der Waals surface area contributed by atoms with Gasteiger partial charge in [0.05, 0.1) is 32.3 Å². The fraction of sp³-hybridized carbons (Fsp3) is 0.750. The SMILES string of the molecule is NC(=O)C[C@H](N)C(=O)NCCOCCO. The van der Waals surface area contributed by atoms with Gasteiger partial charge in [-0.15, -0.1) is 0 Å². The Balaban J connectivity index is 3.51. The van der Waals surface area contributed by atoms with Crippen LogP contribution in [0.25, 0.3) is 0 Å². The van der Waals surface area contributed by atoms with Crippen molar-refractivity contribution in [3.05, 3.63) is 0 Å². The molecule has 2 amide bonds. The molecule has 0 heterocycles. The van der Waals surface area contributed by atoms with E-state index in [0.29, 0.717) is 0 Å². The van der Waals surface area contributed by atoms with Crippen LogP contribution in [-0.4, -0.2) is 49.3 Å². The van der Waals surface area contributed by atoms with E-state index in [1.54, 1.807) is 0 Å². The molecule has 0 rings (SSSR count). The summed E-state index contributed by atoms with van der Waals surface area (Å²) in [5.74, 6) is -1.06. The fourth-order valence-corrected chi connectivity index (χ4v) is 0.854. The fourth-order valence-electron chi connectivity index (χ4n) is 0.854. The molecular weight excluding hydrogens is 202 g/mol. The summed E-state index contributed by atoms with van der Waals surface area (Å²) in [6, 6.07) is -0.916.